The molecule has 1 aromatic heterocycles. The standard InChI is InChI=1S/C24H26FN3O3S/c1-2-30-20-9-10-22-16(13-20)12-17(23(29)27-22)14-28(15-21-4-3-11-31-21)24(32)26-19-7-5-18(25)6-8-19/h5-10,12-13,21H,2-4,11,14-15H2,1H3,(H,26,32)(H,27,29). The van der Waals surface area contributed by atoms with Gasteiger partial charge in [-0.25, -0.2) is 4.39 Å². The number of nitrogens with zero attached hydrogens (tertiary/aromatic N) is 1. The van der Waals surface area contributed by atoms with E-state index in [-0.39, 0.29) is 17.5 Å². The molecule has 0 amide bonds. The van der Waals surface area contributed by atoms with Gasteiger partial charge in [0.05, 0.1) is 19.3 Å². The highest BCUT2D eigenvalue weighted by atomic mass is 32.1. The number of fused-ring (bicyclic) bond motifs is 1. The van der Waals surface area contributed by atoms with Crippen LogP contribution in [-0.4, -0.2) is 40.9 Å². The Balaban J connectivity index is 1.59. The first kappa shape index (κ1) is 22.2. The second-order valence-corrected chi connectivity index (χ2v) is 8.15. The summed E-state index contributed by atoms with van der Waals surface area (Å²) in [5.74, 6) is 0.439. The normalized spacial score (nSPS) is 15.6. The summed E-state index contributed by atoms with van der Waals surface area (Å²) in [6.45, 7) is 4.11. The van der Waals surface area contributed by atoms with Gasteiger partial charge in [-0.1, -0.05) is 0 Å². The number of rotatable bonds is 7. The van der Waals surface area contributed by atoms with E-state index < -0.39 is 0 Å². The third-order valence-electron chi connectivity index (χ3n) is 5.40. The first-order valence-corrected chi connectivity index (χ1v) is 11.1. The van der Waals surface area contributed by atoms with E-state index >= 15 is 0 Å². The van der Waals surface area contributed by atoms with Crippen LogP contribution in [0.25, 0.3) is 10.9 Å². The number of thiocarbonyl (C=S) groups is 1. The largest absolute Gasteiger partial charge is 0.494 e. The van der Waals surface area contributed by atoms with Crippen molar-refractivity contribution in [1.29, 1.82) is 0 Å². The van der Waals surface area contributed by atoms with Gasteiger partial charge < -0.3 is 24.7 Å². The van der Waals surface area contributed by atoms with Gasteiger partial charge >= 0.3 is 0 Å². The average molecular weight is 456 g/mol. The molecule has 1 saturated heterocycles. The molecule has 2 heterocycles. The van der Waals surface area contributed by atoms with Crippen LogP contribution in [0.1, 0.15) is 25.3 Å². The smallest absolute Gasteiger partial charge is 0.253 e. The Bertz CT molecular complexity index is 1140. The molecule has 4 rings (SSSR count). The zero-order valence-corrected chi connectivity index (χ0v) is 18.7. The summed E-state index contributed by atoms with van der Waals surface area (Å²) in [5.41, 5.74) is 1.86. The Morgan fingerprint density at radius 2 is 2.09 bits per heavy atom. The van der Waals surface area contributed by atoms with Gasteiger partial charge in [0, 0.05) is 35.3 Å². The van der Waals surface area contributed by atoms with Gasteiger partial charge in [0.25, 0.3) is 5.56 Å². The van der Waals surface area contributed by atoms with E-state index in [0.29, 0.717) is 36.1 Å². The highest BCUT2D eigenvalue weighted by Crippen LogP contribution is 2.21. The molecule has 1 aliphatic heterocycles. The van der Waals surface area contributed by atoms with Crippen LogP contribution in [0, 0.1) is 5.82 Å². The number of aromatic amines is 1. The van der Waals surface area contributed by atoms with E-state index in [1.54, 1.807) is 12.1 Å². The van der Waals surface area contributed by atoms with Crippen molar-refractivity contribution in [3.63, 3.8) is 0 Å². The molecule has 6 nitrogen and oxygen atoms in total. The Morgan fingerprint density at radius 1 is 1.28 bits per heavy atom. The summed E-state index contributed by atoms with van der Waals surface area (Å²) >= 11 is 5.65. The quantitative estimate of drug-likeness (QED) is 0.514. The molecular weight excluding hydrogens is 429 g/mol. The first-order valence-electron chi connectivity index (χ1n) is 10.7. The number of nitrogens with one attached hydrogen (secondary N) is 2. The fourth-order valence-corrected chi connectivity index (χ4v) is 4.06. The van der Waals surface area contributed by atoms with Crippen LogP contribution in [0.5, 0.6) is 5.75 Å². The van der Waals surface area contributed by atoms with Crippen LogP contribution in [0.3, 0.4) is 0 Å². The van der Waals surface area contributed by atoms with Crippen LogP contribution in [0.15, 0.2) is 53.3 Å². The monoisotopic (exact) mass is 455 g/mol. The molecule has 0 aliphatic carbocycles. The molecule has 32 heavy (non-hydrogen) atoms. The lowest BCUT2D eigenvalue weighted by Gasteiger charge is -2.28. The maximum absolute atomic E-state index is 13.3. The third-order valence-corrected chi connectivity index (χ3v) is 5.76. The Hall–Kier alpha value is -2.97. The van der Waals surface area contributed by atoms with E-state index in [1.807, 2.05) is 36.1 Å². The van der Waals surface area contributed by atoms with Gasteiger partial charge in [-0.3, -0.25) is 4.79 Å². The minimum absolute atomic E-state index is 0.0482. The van der Waals surface area contributed by atoms with Crippen molar-refractivity contribution in [2.75, 3.05) is 25.1 Å². The zero-order chi connectivity index (χ0) is 22.5. The lowest BCUT2D eigenvalue weighted by atomic mass is 10.1. The molecule has 0 saturated carbocycles. The second-order valence-electron chi connectivity index (χ2n) is 7.76. The van der Waals surface area contributed by atoms with E-state index in [4.69, 9.17) is 21.7 Å². The number of aromatic nitrogens is 1. The summed E-state index contributed by atoms with van der Waals surface area (Å²) in [6.07, 6.45) is 2.00. The number of anilines is 1. The van der Waals surface area contributed by atoms with Gasteiger partial charge in [-0.15, -0.1) is 0 Å². The van der Waals surface area contributed by atoms with E-state index in [1.165, 1.54) is 12.1 Å². The molecule has 2 aromatic carbocycles. The van der Waals surface area contributed by atoms with Crippen LogP contribution in [0.2, 0.25) is 0 Å². The molecule has 0 bridgehead atoms. The predicted molar refractivity (Wildman–Crippen MR) is 128 cm³/mol. The van der Waals surface area contributed by atoms with Gasteiger partial charge in [0.1, 0.15) is 11.6 Å². The molecule has 0 spiro atoms. The Labute approximate surface area is 191 Å². The molecule has 1 unspecified atom stereocenters. The first-order chi connectivity index (χ1) is 15.5. The van der Waals surface area contributed by atoms with Gasteiger partial charge in [0.2, 0.25) is 0 Å². The van der Waals surface area contributed by atoms with E-state index in [0.717, 1.165) is 36.1 Å². The van der Waals surface area contributed by atoms with Crippen LogP contribution < -0.4 is 15.6 Å². The summed E-state index contributed by atoms with van der Waals surface area (Å²) < 4.78 is 24.6. The van der Waals surface area contributed by atoms with Crippen molar-refractivity contribution in [2.24, 2.45) is 0 Å². The maximum Gasteiger partial charge on any atom is 0.253 e. The van der Waals surface area contributed by atoms with Crippen molar-refractivity contribution in [3.05, 3.63) is 70.3 Å². The van der Waals surface area contributed by atoms with Gasteiger partial charge in [-0.05, 0) is 80.5 Å². The Kier molecular flexibility index (Phi) is 7.02. The fraction of sp³-hybridized carbons (Fsp3) is 0.333. The summed E-state index contributed by atoms with van der Waals surface area (Å²) in [6, 6.07) is 13.5. The molecule has 168 valence electrons. The lowest BCUT2D eigenvalue weighted by Crippen LogP contribution is -2.40. The van der Waals surface area contributed by atoms with Crippen molar-refractivity contribution in [1.82, 2.24) is 9.88 Å². The maximum atomic E-state index is 13.3. The summed E-state index contributed by atoms with van der Waals surface area (Å²) in [4.78, 5) is 17.7. The molecule has 0 radical (unpaired) electrons. The molecule has 8 heteroatoms. The van der Waals surface area contributed by atoms with Crippen LogP contribution in [-0.2, 0) is 11.3 Å². The average Bonchev–Trinajstić information content (AvgIpc) is 3.29. The van der Waals surface area contributed by atoms with E-state index in [9.17, 15) is 9.18 Å². The van der Waals surface area contributed by atoms with Crippen molar-refractivity contribution >= 4 is 33.9 Å². The molecule has 1 atom stereocenters. The second kappa shape index (κ2) is 10.1. The van der Waals surface area contributed by atoms with Crippen molar-refractivity contribution in [3.8, 4) is 5.75 Å². The molecular formula is C24H26FN3O3S. The highest BCUT2D eigenvalue weighted by Gasteiger charge is 2.22. The van der Waals surface area contributed by atoms with Gasteiger partial charge in [0.15, 0.2) is 5.11 Å². The minimum atomic E-state index is -0.313. The van der Waals surface area contributed by atoms with Gasteiger partial charge in [-0.2, -0.15) is 0 Å². The summed E-state index contributed by atoms with van der Waals surface area (Å²) in [7, 11) is 0. The fourth-order valence-electron chi connectivity index (χ4n) is 3.80. The van der Waals surface area contributed by atoms with Crippen molar-refractivity contribution < 1.29 is 13.9 Å². The third kappa shape index (κ3) is 5.44. The van der Waals surface area contributed by atoms with Crippen LogP contribution >= 0.6 is 12.2 Å². The highest BCUT2D eigenvalue weighted by molar-refractivity contribution is 7.80. The number of hydrogen-bond acceptors (Lipinski definition) is 4. The number of benzene rings is 2. The number of hydrogen-bond donors (Lipinski definition) is 2. The van der Waals surface area contributed by atoms with E-state index in [2.05, 4.69) is 10.3 Å². The van der Waals surface area contributed by atoms with Crippen LogP contribution in [0.4, 0.5) is 10.1 Å². The number of ether oxygens (including phenoxy) is 2. The number of pyridine rings is 1. The topological polar surface area (TPSA) is 66.6 Å². The molecule has 1 fully saturated rings. The summed E-state index contributed by atoms with van der Waals surface area (Å²) in [5, 5.41) is 4.49. The number of H-pyrrole nitrogens is 1. The Morgan fingerprint density at radius 3 is 2.81 bits per heavy atom. The SMILES string of the molecule is CCOc1ccc2[nH]c(=O)c(CN(CC3CCCO3)C(=S)Nc3ccc(F)cc3)cc2c1. The number of halogens is 1. The molecule has 3 aromatic rings. The minimum Gasteiger partial charge on any atom is -0.494 e. The lowest BCUT2D eigenvalue weighted by molar-refractivity contribution is 0.0904. The molecule has 1 aliphatic rings. The molecule has 2 N–H and O–H groups in total. The predicted octanol–water partition coefficient (Wildman–Crippen LogP) is 4.44. The zero-order valence-electron chi connectivity index (χ0n) is 17.9. The van der Waals surface area contributed by atoms with Crippen molar-refractivity contribution in [2.45, 2.75) is 32.4 Å².